The summed E-state index contributed by atoms with van der Waals surface area (Å²) < 4.78 is 106. The molecular weight excluding hydrogens is 1480 g/mol. The number of aryl methyl sites for hydroxylation is 4. The van der Waals surface area contributed by atoms with Crippen molar-refractivity contribution in [1.82, 2.24) is 33.8 Å². The van der Waals surface area contributed by atoms with Gasteiger partial charge in [-0.25, -0.2) is 46.6 Å². The minimum absolute atomic E-state index is 0. The topological polar surface area (TPSA) is 244 Å². The Balaban J connectivity index is 0.000000189. The molecule has 4 saturated heterocycles. The highest BCUT2D eigenvalue weighted by Gasteiger charge is 2.50. The Kier molecular flexibility index (Phi) is 30.2. The Labute approximate surface area is 642 Å². The molecule has 8 aromatic rings. The summed E-state index contributed by atoms with van der Waals surface area (Å²) in [6, 6.07) is 55.8. The van der Waals surface area contributed by atoms with Crippen LogP contribution in [-0.4, -0.2) is 186 Å². The molecule has 2 spiro atoms. The van der Waals surface area contributed by atoms with Gasteiger partial charge in [0.2, 0.25) is 39.1 Å². The number of hydrogen-bond acceptors (Lipinski definition) is 14. The lowest BCUT2D eigenvalue weighted by atomic mass is 9.89. The maximum atomic E-state index is 13.5. The van der Waals surface area contributed by atoms with Crippen molar-refractivity contribution in [2.45, 2.75) is 116 Å². The molecular formula is C80H102Cl3N9O10S4. The van der Waals surface area contributed by atoms with Crippen LogP contribution < -0.4 is 16.0 Å². The number of aliphatic imine (C=N–C) groups is 2. The molecule has 0 aromatic heterocycles. The first-order valence-corrected chi connectivity index (χ1v) is 44.9. The van der Waals surface area contributed by atoms with Gasteiger partial charge in [0.15, 0.2) is 0 Å². The SMILES string of the molecule is C.CCN(CC)CC.ClCCl.O=C1NC(C2CCCN(S(=O)(=O)CCc3cccc4ccccc34)C2)=NC12CCN(S(=O)(=O)CCc1cccc3ccccc13)CC2.O=C1NC(C2CCCNC2)=NC12CCN(S(=O)(=O)CCc1cccc3ccccc13)CC2.O=S(=O)(Cl)CCc1cccc2ccccc12. The number of sulfonamides is 3. The van der Waals surface area contributed by atoms with Crippen molar-refractivity contribution in [3.63, 3.8) is 0 Å². The lowest BCUT2D eigenvalue weighted by molar-refractivity contribution is -0.125. The van der Waals surface area contributed by atoms with Gasteiger partial charge in [-0.05, 0) is 169 Å². The summed E-state index contributed by atoms with van der Waals surface area (Å²) >= 11 is 9.53. The standard InChI is InChI=1S/C36H40N4O5S2.C24H30N4O3S.C12H11ClO2S.C6H15N.CH2Cl2.CH4/c41-35-36(19-22-39(23-20-36)46(42,43)24-17-29-12-5-10-27-8-1-3-15-32(27)29)38-34(37-35)31-14-7-21-40(26-31)47(44,45)25-18-30-13-6-11-28-9-2-4-16-33(28)30;29-23-24(27-22(26-23)20-8-4-13-25-17-20)11-14-28(15-12-24)32(30,31)16-10-19-7-3-6-18-5-1-2-9-21(18)19;13-16(14,15)9-8-11-6-3-5-10-4-1-2-7-12(10)11;1-4-7(5-2)6-3;2-1-3;/h1-6,8-13,15-16,31H,7,14,17-26H2,(H,37,38,41);1-3,5-7,9,20,25H,4,8,10-17H2,(H,26,27,29);1-7H,8-9H2;4-6H2,1-3H3;1H2;1H4. The highest BCUT2D eigenvalue weighted by atomic mass is 35.7. The van der Waals surface area contributed by atoms with E-state index in [4.69, 9.17) is 43.9 Å². The molecule has 19 nitrogen and oxygen atoms in total. The average Bonchev–Trinajstić information content (AvgIpc) is 1.61. The number of alkyl halides is 2. The monoisotopic (exact) mass is 1580 g/mol. The van der Waals surface area contributed by atoms with Crippen molar-refractivity contribution in [3.05, 3.63) is 192 Å². The van der Waals surface area contributed by atoms with Crippen LogP contribution in [0.15, 0.2) is 180 Å². The third-order valence-electron chi connectivity index (χ3n) is 21.1. The Morgan fingerprint density at radius 1 is 0.443 bits per heavy atom. The fourth-order valence-corrected chi connectivity index (χ4v) is 20.2. The maximum absolute atomic E-state index is 13.5. The largest absolute Gasteiger partial charge is 0.316 e. The summed E-state index contributed by atoms with van der Waals surface area (Å²) in [6.45, 7) is 13.8. The molecule has 6 aliphatic heterocycles. The molecule has 0 saturated carbocycles. The molecule has 572 valence electrons. The van der Waals surface area contributed by atoms with Gasteiger partial charge in [0.25, 0.3) is 11.8 Å². The molecule has 2 unspecified atom stereocenters. The first kappa shape index (κ1) is 83.6. The number of amides is 2. The van der Waals surface area contributed by atoms with Crippen LogP contribution in [0, 0.1) is 11.8 Å². The molecule has 106 heavy (non-hydrogen) atoms. The van der Waals surface area contributed by atoms with Crippen LogP contribution in [0.25, 0.3) is 43.1 Å². The van der Waals surface area contributed by atoms with E-state index < -0.39 is 50.2 Å². The van der Waals surface area contributed by atoms with Gasteiger partial charge < -0.3 is 20.9 Å². The number of carbonyl (C=O) groups excluding carboxylic acids is 2. The zero-order valence-corrected chi connectivity index (χ0v) is 65.7. The van der Waals surface area contributed by atoms with Crippen LogP contribution in [0.1, 0.15) is 102 Å². The predicted molar refractivity (Wildman–Crippen MR) is 436 cm³/mol. The summed E-state index contributed by atoms with van der Waals surface area (Å²) in [4.78, 5) is 38.2. The van der Waals surface area contributed by atoms with Crippen molar-refractivity contribution in [3.8, 4) is 0 Å². The van der Waals surface area contributed by atoms with Gasteiger partial charge in [0, 0.05) is 68.3 Å². The van der Waals surface area contributed by atoms with Crippen LogP contribution in [0.5, 0.6) is 0 Å². The highest BCUT2D eigenvalue weighted by molar-refractivity contribution is 8.13. The van der Waals surface area contributed by atoms with Crippen LogP contribution >= 0.6 is 33.9 Å². The van der Waals surface area contributed by atoms with Gasteiger partial charge in [0.05, 0.1) is 28.4 Å². The number of benzene rings is 8. The van der Waals surface area contributed by atoms with E-state index in [1.165, 1.54) is 23.9 Å². The quantitative estimate of drug-likeness (QED) is 0.0476. The van der Waals surface area contributed by atoms with Crippen molar-refractivity contribution < 1.29 is 43.3 Å². The van der Waals surface area contributed by atoms with E-state index >= 15 is 0 Å². The molecule has 6 heterocycles. The van der Waals surface area contributed by atoms with E-state index in [1.54, 1.807) is 8.61 Å². The molecule has 0 aliphatic carbocycles. The molecule has 3 N–H and O–H groups in total. The number of nitrogens with zero attached hydrogens (tertiary/aromatic N) is 6. The van der Waals surface area contributed by atoms with Crippen LogP contribution in [0.3, 0.4) is 0 Å². The van der Waals surface area contributed by atoms with Crippen LogP contribution in [-0.2, 0) is 74.4 Å². The summed E-state index contributed by atoms with van der Waals surface area (Å²) in [5.41, 5.74) is 2.27. The maximum Gasteiger partial charge on any atom is 0.253 e. The number of nitrogens with one attached hydrogen (secondary N) is 3. The number of amidine groups is 2. The molecule has 26 heteroatoms. The van der Waals surface area contributed by atoms with Crippen molar-refractivity contribution in [1.29, 1.82) is 0 Å². The van der Waals surface area contributed by atoms with E-state index in [9.17, 15) is 43.3 Å². The van der Waals surface area contributed by atoms with Crippen molar-refractivity contribution in [2.24, 2.45) is 21.8 Å². The zero-order valence-electron chi connectivity index (χ0n) is 60.2. The molecule has 2 atom stereocenters. The van der Waals surface area contributed by atoms with Gasteiger partial charge in [-0.2, -0.15) is 0 Å². The highest BCUT2D eigenvalue weighted by Crippen LogP contribution is 2.36. The minimum Gasteiger partial charge on any atom is -0.316 e. The number of halogens is 3. The summed E-state index contributed by atoms with van der Waals surface area (Å²) in [7, 11) is -8.68. The van der Waals surface area contributed by atoms with Crippen molar-refractivity contribution in [2.75, 3.05) is 100 Å². The van der Waals surface area contributed by atoms with Crippen LogP contribution in [0.2, 0.25) is 0 Å². The molecule has 6 aliphatic rings. The number of piperidine rings is 4. The van der Waals surface area contributed by atoms with Crippen LogP contribution in [0.4, 0.5) is 0 Å². The molecule has 8 aromatic carbocycles. The third-order valence-corrected chi connectivity index (χ3v) is 27.8. The first-order chi connectivity index (χ1) is 50.4. The normalized spacial score (nSPS) is 19.1. The van der Waals surface area contributed by atoms with Gasteiger partial charge in [-0.1, -0.05) is 198 Å². The number of hydrogen-bond donors (Lipinski definition) is 3. The second kappa shape index (κ2) is 38.3. The number of fused-ring (bicyclic) bond motifs is 4. The van der Waals surface area contributed by atoms with Gasteiger partial charge in [-0.3, -0.25) is 19.6 Å². The lowest BCUT2D eigenvalue weighted by Crippen LogP contribution is -2.51. The average molecular weight is 1580 g/mol. The van der Waals surface area contributed by atoms with E-state index in [-0.39, 0.29) is 79.1 Å². The fraction of sp³-hybridized carbons (Fsp3) is 0.450. The molecule has 0 radical (unpaired) electrons. The lowest BCUT2D eigenvalue weighted by Gasteiger charge is -2.35. The zero-order chi connectivity index (χ0) is 74.8. The smallest absolute Gasteiger partial charge is 0.253 e. The van der Waals surface area contributed by atoms with Gasteiger partial charge >= 0.3 is 0 Å². The van der Waals surface area contributed by atoms with E-state index in [2.05, 4.69) is 41.6 Å². The van der Waals surface area contributed by atoms with Crippen molar-refractivity contribution >= 4 is 140 Å². The van der Waals surface area contributed by atoms with Gasteiger partial charge in [-0.15, -0.1) is 23.2 Å². The fourth-order valence-electron chi connectivity index (χ4n) is 15.0. The molecule has 4 fully saturated rings. The first-order valence-electron chi connectivity index (χ1n) is 36.5. The Bertz CT molecular complexity index is 4830. The summed E-state index contributed by atoms with van der Waals surface area (Å²) in [5.74, 6) is 1.15. The second-order valence-corrected chi connectivity index (χ2v) is 37.4. The molecule has 14 rings (SSSR count). The van der Waals surface area contributed by atoms with Gasteiger partial charge in [0.1, 0.15) is 22.7 Å². The minimum atomic E-state index is -3.53. The Morgan fingerprint density at radius 3 is 1.09 bits per heavy atom. The summed E-state index contributed by atoms with van der Waals surface area (Å²) in [5, 5.41) is 18.3. The van der Waals surface area contributed by atoms with E-state index in [0.717, 1.165) is 104 Å². The number of rotatable bonds is 20. The summed E-state index contributed by atoms with van der Waals surface area (Å²) in [6.07, 6.45) is 6.77. The van der Waals surface area contributed by atoms with E-state index in [0.29, 0.717) is 83.3 Å². The molecule has 0 bridgehead atoms. The second-order valence-electron chi connectivity index (χ2n) is 27.5. The Hall–Kier alpha value is -6.45. The Morgan fingerprint density at radius 2 is 0.764 bits per heavy atom. The molecule has 2 amide bonds. The number of carbonyl (C=O) groups is 2. The predicted octanol–water partition coefficient (Wildman–Crippen LogP) is 12.9. The van der Waals surface area contributed by atoms with E-state index in [1.807, 2.05) is 170 Å². The third kappa shape index (κ3) is 21.5.